The molecule has 4 nitrogen and oxygen atoms in total. The highest BCUT2D eigenvalue weighted by Crippen LogP contribution is 2.22. The predicted molar refractivity (Wildman–Crippen MR) is 53.5 cm³/mol. The van der Waals surface area contributed by atoms with Crippen molar-refractivity contribution >= 4 is 11.3 Å². The normalized spacial score (nSPS) is 11.8. The summed E-state index contributed by atoms with van der Waals surface area (Å²) in [6.07, 6.45) is -5.17. The van der Waals surface area contributed by atoms with Gasteiger partial charge in [-0.2, -0.15) is 13.2 Å². The Morgan fingerprint density at radius 2 is 2.12 bits per heavy atom. The van der Waals surface area contributed by atoms with Gasteiger partial charge in [0.25, 0.3) is 5.19 Å². The van der Waals surface area contributed by atoms with Crippen LogP contribution in [0.2, 0.25) is 0 Å². The predicted octanol–water partition coefficient (Wildman–Crippen LogP) is 1.98. The van der Waals surface area contributed by atoms with Crippen LogP contribution >= 0.6 is 11.3 Å². The van der Waals surface area contributed by atoms with Crippen molar-refractivity contribution < 1.29 is 17.9 Å². The fraction of sp³-hybridized carbons (Fsp3) is 0.750. The molecule has 1 aromatic heterocycles. The van der Waals surface area contributed by atoms with Gasteiger partial charge in [-0.25, -0.2) is 0 Å². The summed E-state index contributed by atoms with van der Waals surface area (Å²) >= 11 is 1.15. The van der Waals surface area contributed by atoms with E-state index in [1.807, 2.05) is 6.92 Å². The van der Waals surface area contributed by atoms with Gasteiger partial charge in [0, 0.05) is 6.54 Å². The van der Waals surface area contributed by atoms with Gasteiger partial charge in [0.2, 0.25) is 0 Å². The van der Waals surface area contributed by atoms with E-state index >= 15 is 0 Å². The van der Waals surface area contributed by atoms with Crippen molar-refractivity contribution in [2.24, 2.45) is 0 Å². The van der Waals surface area contributed by atoms with E-state index in [2.05, 4.69) is 15.5 Å². The number of aromatic nitrogens is 2. The SMILES string of the molecule is CCNCc1nnc(OCCC(F)(F)F)s1. The third kappa shape index (κ3) is 5.26. The van der Waals surface area contributed by atoms with E-state index in [-0.39, 0.29) is 5.19 Å². The van der Waals surface area contributed by atoms with Crippen LogP contribution < -0.4 is 10.1 Å². The zero-order valence-electron chi connectivity index (χ0n) is 8.67. The third-order valence-electron chi connectivity index (χ3n) is 1.59. The molecule has 0 aliphatic carbocycles. The Kier molecular flexibility index (Phi) is 4.94. The van der Waals surface area contributed by atoms with Gasteiger partial charge in [0.1, 0.15) is 5.01 Å². The van der Waals surface area contributed by atoms with Gasteiger partial charge in [-0.05, 0) is 6.54 Å². The van der Waals surface area contributed by atoms with E-state index in [0.29, 0.717) is 11.6 Å². The average Bonchev–Trinajstić information content (AvgIpc) is 2.61. The van der Waals surface area contributed by atoms with Crippen molar-refractivity contribution in [2.75, 3.05) is 13.2 Å². The first-order valence-corrected chi connectivity index (χ1v) is 5.55. The molecule has 1 N–H and O–H groups in total. The van der Waals surface area contributed by atoms with E-state index < -0.39 is 19.2 Å². The molecule has 0 aliphatic heterocycles. The summed E-state index contributed by atoms with van der Waals surface area (Å²) in [5.74, 6) is 0. The fourth-order valence-electron chi connectivity index (χ4n) is 0.854. The molecule has 0 aliphatic rings. The van der Waals surface area contributed by atoms with Crippen LogP contribution in [0.5, 0.6) is 5.19 Å². The van der Waals surface area contributed by atoms with Crippen molar-refractivity contribution in [3.63, 3.8) is 0 Å². The lowest BCUT2D eigenvalue weighted by Crippen LogP contribution is -2.12. The maximum absolute atomic E-state index is 11.8. The van der Waals surface area contributed by atoms with Gasteiger partial charge < -0.3 is 10.1 Å². The Hall–Kier alpha value is -0.890. The minimum absolute atomic E-state index is 0.178. The van der Waals surface area contributed by atoms with Gasteiger partial charge in [0.15, 0.2) is 0 Å². The zero-order valence-corrected chi connectivity index (χ0v) is 9.49. The molecule has 16 heavy (non-hydrogen) atoms. The zero-order chi connectivity index (χ0) is 12.0. The highest BCUT2D eigenvalue weighted by molar-refractivity contribution is 7.13. The standard InChI is InChI=1S/C8H12F3N3OS/c1-2-12-5-6-13-14-7(16-6)15-4-3-8(9,10)11/h12H,2-5H2,1H3. The molecule has 1 aromatic rings. The summed E-state index contributed by atoms with van der Waals surface area (Å²) in [6, 6.07) is 0. The van der Waals surface area contributed by atoms with Gasteiger partial charge >= 0.3 is 6.18 Å². The van der Waals surface area contributed by atoms with Gasteiger partial charge in [-0.15, -0.1) is 10.2 Å². The number of ether oxygens (including phenoxy) is 1. The molecular formula is C8H12F3N3OS. The number of nitrogens with one attached hydrogen (secondary N) is 1. The van der Waals surface area contributed by atoms with E-state index in [1.54, 1.807) is 0 Å². The Balaban J connectivity index is 2.29. The number of nitrogens with zero attached hydrogens (tertiary/aromatic N) is 2. The first-order valence-electron chi connectivity index (χ1n) is 4.74. The summed E-state index contributed by atoms with van der Waals surface area (Å²) in [5, 5.41) is 11.3. The summed E-state index contributed by atoms with van der Waals surface area (Å²) in [7, 11) is 0. The number of hydrogen-bond donors (Lipinski definition) is 1. The van der Waals surface area contributed by atoms with Gasteiger partial charge in [0.05, 0.1) is 13.0 Å². The lowest BCUT2D eigenvalue weighted by molar-refractivity contribution is -0.139. The molecule has 0 atom stereocenters. The Bertz CT molecular complexity index is 316. The minimum Gasteiger partial charge on any atom is -0.469 e. The number of rotatable bonds is 6. The molecule has 92 valence electrons. The van der Waals surface area contributed by atoms with E-state index in [9.17, 15) is 13.2 Å². The molecule has 0 unspecified atom stereocenters. The maximum Gasteiger partial charge on any atom is 0.392 e. The molecule has 0 spiro atoms. The molecule has 1 rings (SSSR count). The van der Waals surface area contributed by atoms with Crippen LogP contribution in [0.3, 0.4) is 0 Å². The Morgan fingerprint density at radius 1 is 1.38 bits per heavy atom. The van der Waals surface area contributed by atoms with Crippen molar-refractivity contribution in [1.82, 2.24) is 15.5 Å². The van der Waals surface area contributed by atoms with E-state index in [1.165, 1.54) is 0 Å². The molecule has 0 fully saturated rings. The molecule has 0 amide bonds. The van der Waals surface area contributed by atoms with E-state index in [4.69, 9.17) is 4.74 Å². The minimum atomic E-state index is -4.20. The summed E-state index contributed by atoms with van der Waals surface area (Å²) in [4.78, 5) is 0. The summed E-state index contributed by atoms with van der Waals surface area (Å²) < 4.78 is 40.3. The molecular weight excluding hydrogens is 243 g/mol. The molecule has 0 saturated heterocycles. The van der Waals surface area contributed by atoms with Crippen LogP contribution in [0.25, 0.3) is 0 Å². The quantitative estimate of drug-likeness (QED) is 0.844. The Labute approximate surface area is 94.8 Å². The third-order valence-corrected chi connectivity index (χ3v) is 2.42. The highest BCUT2D eigenvalue weighted by Gasteiger charge is 2.27. The van der Waals surface area contributed by atoms with Crippen LogP contribution in [-0.2, 0) is 6.54 Å². The van der Waals surface area contributed by atoms with Crippen LogP contribution in [0.1, 0.15) is 18.4 Å². The lowest BCUT2D eigenvalue weighted by Gasteiger charge is -2.05. The van der Waals surface area contributed by atoms with Crippen molar-refractivity contribution in [3.05, 3.63) is 5.01 Å². The topological polar surface area (TPSA) is 47.0 Å². The van der Waals surface area contributed by atoms with Crippen LogP contribution in [0.15, 0.2) is 0 Å². The smallest absolute Gasteiger partial charge is 0.392 e. The van der Waals surface area contributed by atoms with Crippen LogP contribution in [-0.4, -0.2) is 29.5 Å². The molecule has 0 saturated carbocycles. The summed E-state index contributed by atoms with van der Waals surface area (Å²) in [5.41, 5.74) is 0. The fourth-order valence-corrected chi connectivity index (χ4v) is 1.54. The molecule has 0 bridgehead atoms. The number of halogens is 3. The van der Waals surface area contributed by atoms with Crippen molar-refractivity contribution in [1.29, 1.82) is 0 Å². The number of hydrogen-bond acceptors (Lipinski definition) is 5. The highest BCUT2D eigenvalue weighted by atomic mass is 32.1. The second-order valence-corrected chi connectivity index (χ2v) is 3.98. The Morgan fingerprint density at radius 3 is 2.75 bits per heavy atom. The average molecular weight is 255 g/mol. The van der Waals surface area contributed by atoms with Gasteiger partial charge in [-0.3, -0.25) is 0 Å². The lowest BCUT2D eigenvalue weighted by atomic mass is 10.4. The molecule has 1 heterocycles. The number of alkyl halides is 3. The monoisotopic (exact) mass is 255 g/mol. The maximum atomic E-state index is 11.8. The van der Waals surface area contributed by atoms with Crippen molar-refractivity contribution in [3.8, 4) is 5.19 Å². The van der Waals surface area contributed by atoms with Crippen LogP contribution in [0, 0.1) is 0 Å². The van der Waals surface area contributed by atoms with Crippen LogP contribution in [0.4, 0.5) is 13.2 Å². The molecule has 0 aromatic carbocycles. The second-order valence-electron chi connectivity index (χ2n) is 2.96. The van der Waals surface area contributed by atoms with E-state index in [0.717, 1.165) is 17.9 Å². The molecule has 0 radical (unpaired) electrons. The first-order chi connectivity index (χ1) is 7.51. The largest absolute Gasteiger partial charge is 0.469 e. The summed E-state index contributed by atoms with van der Waals surface area (Å²) in [6.45, 7) is 2.88. The van der Waals surface area contributed by atoms with Crippen molar-refractivity contribution in [2.45, 2.75) is 26.1 Å². The second kappa shape index (κ2) is 6.00. The first kappa shape index (κ1) is 13.2. The molecule has 8 heteroatoms. The van der Waals surface area contributed by atoms with Gasteiger partial charge in [-0.1, -0.05) is 18.3 Å².